The van der Waals surface area contributed by atoms with Crippen LogP contribution in [-0.2, 0) is 6.54 Å². The van der Waals surface area contributed by atoms with Gasteiger partial charge in [0.2, 0.25) is 0 Å². The maximum Gasteiger partial charge on any atom is 0.143 e. The summed E-state index contributed by atoms with van der Waals surface area (Å²) in [5.41, 5.74) is 2.96. The summed E-state index contributed by atoms with van der Waals surface area (Å²) in [4.78, 5) is 0. The Balaban J connectivity index is 2.24. The van der Waals surface area contributed by atoms with Crippen LogP contribution in [0.3, 0.4) is 0 Å². The Labute approximate surface area is 138 Å². The highest BCUT2D eigenvalue weighted by Gasteiger charge is 2.09. The van der Waals surface area contributed by atoms with Gasteiger partial charge in [-0.05, 0) is 36.8 Å². The van der Waals surface area contributed by atoms with Crippen molar-refractivity contribution in [2.45, 2.75) is 13.5 Å². The van der Waals surface area contributed by atoms with Crippen molar-refractivity contribution in [1.82, 2.24) is 0 Å². The smallest absolute Gasteiger partial charge is 0.143 e. The monoisotopic (exact) mass is 369 g/mol. The summed E-state index contributed by atoms with van der Waals surface area (Å²) < 4.78 is 11.8. The van der Waals surface area contributed by atoms with Gasteiger partial charge in [0, 0.05) is 27.7 Å². The zero-order chi connectivity index (χ0) is 15.4. The van der Waals surface area contributed by atoms with Gasteiger partial charge in [0.15, 0.2) is 0 Å². The van der Waals surface area contributed by atoms with Crippen LogP contribution in [0.5, 0.6) is 11.5 Å². The van der Waals surface area contributed by atoms with Crippen LogP contribution in [-0.4, -0.2) is 14.2 Å². The van der Waals surface area contributed by atoms with Crippen molar-refractivity contribution in [3.63, 3.8) is 0 Å². The molecule has 0 aliphatic heterocycles. The van der Waals surface area contributed by atoms with Gasteiger partial charge in [-0.15, -0.1) is 0 Å². The predicted molar refractivity (Wildman–Crippen MR) is 90.8 cm³/mol. The molecule has 5 heteroatoms. The zero-order valence-electron chi connectivity index (χ0n) is 12.2. The van der Waals surface area contributed by atoms with E-state index in [4.69, 9.17) is 21.1 Å². The lowest BCUT2D eigenvalue weighted by Gasteiger charge is -2.15. The van der Waals surface area contributed by atoms with E-state index in [2.05, 4.69) is 21.2 Å². The minimum atomic E-state index is 0.625. The number of nitrogens with one attached hydrogen (secondary N) is 1. The Hall–Kier alpha value is -1.39. The van der Waals surface area contributed by atoms with E-state index in [1.165, 1.54) is 0 Å². The van der Waals surface area contributed by atoms with Gasteiger partial charge in [-0.3, -0.25) is 0 Å². The maximum atomic E-state index is 6.12. The largest absolute Gasteiger partial charge is 0.496 e. The molecule has 0 aliphatic rings. The molecule has 2 aromatic rings. The number of ether oxygens (including phenoxy) is 2. The van der Waals surface area contributed by atoms with E-state index in [0.29, 0.717) is 11.6 Å². The van der Waals surface area contributed by atoms with Gasteiger partial charge in [-0.1, -0.05) is 27.5 Å². The minimum absolute atomic E-state index is 0.625. The number of rotatable bonds is 5. The summed E-state index contributed by atoms with van der Waals surface area (Å²) in [6.45, 7) is 2.59. The van der Waals surface area contributed by atoms with Gasteiger partial charge < -0.3 is 14.8 Å². The minimum Gasteiger partial charge on any atom is -0.496 e. The van der Waals surface area contributed by atoms with Crippen molar-refractivity contribution in [1.29, 1.82) is 0 Å². The van der Waals surface area contributed by atoms with Gasteiger partial charge in [-0.25, -0.2) is 0 Å². The molecule has 0 radical (unpaired) electrons. The van der Waals surface area contributed by atoms with E-state index in [1.54, 1.807) is 14.2 Å². The van der Waals surface area contributed by atoms with E-state index in [-0.39, 0.29) is 0 Å². The molecule has 1 N–H and O–H groups in total. The van der Waals surface area contributed by atoms with Crippen molar-refractivity contribution in [3.8, 4) is 11.5 Å². The first-order valence-corrected chi connectivity index (χ1v) is 7.62. The quantitative estimate of drug-likeness (QED) is 0.800. The van der Waals surface area contributed by atoms with Gasteiger partial charge in [0.05, 0.1) is 19.9 Å². The second-order valence-corrected chi connectivity index (χ2v) is 5.93. The predicted octanol–water partition coefficient (Wildman–Crippen LogP) is 5.04. The van der Waals surface area contributed by atoms with Crippen LogP contribution in [0.15, 0.2) is 34.8 Å². The van der Waals surface area contributed by atoms with Crippen LogP contribution in [0.4, 0.5) is 5.69 Å². The summed E-state index contributed by atoms with van der Waals surface area (Å²) in [5, 5.41) is 4.06. The Morgan fingerprint density at radius 2 is 1.81 bits per heavy atom. The third kappa shape index (κ3) is 3.83. The lowest BCUT2D eigenvalue weighted by Crippen LogP contribution is -2.03. The summed E-state index contributed by atoms with van der Waals surface area (Å²) in [7, 11) is 3.30. The molecule has 21 heavy (non-hydrogen) atoms. The van der Waals surface area contributed by atoms with Crippen LogP contribution in [0.25, 0.3) is 0 Å². The standard InChI is InChI=1S/C16H17BrClNO2/c1-10-6-14(16(21-3)8-13(10)18)19-9-11-7-12(17)4-5-15(11)20-2/h4-8,19H,9H2,1-3H3. The summed E-state index contributed by atoms with van der Waals surface area (Å²) in [6, 6.07) is 9.71. The highest BCUT2D eigenvalue weighted by Crippen LogP contribution is 2.32. The fourth-order valence-electron chi connectivity index (χ4n) is 2.05. The Morgan fingerprint density at radius 3 is 2.48 bits per heavy atom. The average Bonchev–Trinajstić information content (AvgIpc) is 2.48. The average molecular weight is 371 g/mol. The molecule has 3 nitrogen and oxygen atoms in total. The molecule has 0 saturated heterocycles. The fourth-order valence-corrected chi connectivity index (χ4v) is 2.61. The fraction of sp³-hybridized carbons (Fsp3) is 0.250. The lowest BCUT2D eigenvalue weighted by molar-refractivity contribution is 0.409. The molecule has 0 spiro atoms. The lowest BCUT2D eigenvalue weighted by atomic mass is 10.1. The molecule has 2 aromatic carbocycles. The van der Waals surface area contributed by atoms with Crippen LogP contribution in [0.2, 0.25) is 5.02 Å². The van der Waals surface area contributed by atoms with E-state index >= 15 is 0 Å². The van der Waals surface area contributed by atoms with Crippen LogP contribution in [0, 0.1) is 6.92 Å². The highest BCUT2D eigenvalue weighted by molar-refractivity contribution is 9.10. The van der Waals surface area contributed by atoms with E-state index in [9.17, 15) is 0 Å². The number of aryl methyl sites for hydroxylation is 1. The van der Waals surface area contributed by atoms with Crippen molar-refractivity contribution < 1.29 is 9.47 Å². The van der Waals surface area contributed by atoms with Crippen molar-refractivity contribution in [2.75, 3.05) is 19.5 Å². The number of halogens is 2. The Morgan fingerprint density at radius 1 is 1.10 bits per heavy atom. The number of hydrogen-bond donors (Lipinski definition) is 1. The Kier molecular flexibility index (Phi) is 5.37. The topological polar surface area (TPSA) is 30.5 Å². The SMILES string of the molecule is COc1ccc(Br)cc1CNc1cc(C)c(Cl)cc1OC. The number of hydrogen-bond acceptors (Lipinski definition) is 3. The second-order valence-electron chi connectivity index (χ2n) is 4.61. The first-order chi connectivity index (χ1) is 10.0. The summed E-state index contributed by atoms with van der Waals surface area (Å²) in [5.74, 6) is 1.56. The molecule has 0 atom stereocenters. The van der Waals surface area contributed by atoms with Crippen molar-refractivity contribution in [3.05, 3.63) is 51.0 Å². The molecule has 0 aromatic heterocycles. The molecular weight excluding hydrogens is 354 g/mol. The molecule has 0 unspecified atom stereocenters. The zero-order valence-corrected chi connectivity index (χ0v) is 14.5. The van der Waals surface area contributed by atoms with Gasteiger partial charge in [0.25, 0.3) is 0 Å². The summed E-state index contributed by atoms with van der Waals surface area (Å²) >= 11 is 9.59. The molecule has 0 heterocycles. The molecule has 0 bridgehead atoms. The molecule has 0 aliphatic carbocycles. The molecule has 112 valence electrons. The third-order valence-corrected chi connectivity index (χ3v) is 4.09. The molecular formula is C16H17BrClNO2. The van der Waals surface area contributed by atoms with E-state index in [0.717, 1.165) is 32.8 Å². The van der Waals surface area contributed by atoms with Crippen molar-refractivity contribution >= 4 is 33.2 Å². The third-order valence-electron chi connectivity index (χ3n) is 3.19. The summed E-state index contributed by atoms with van der Waals surface area (Å²) in [6.07, 6.45) is 0. The molecule has 0 amide bonds. The van der Waals surface area contributed by atoms with Gasteiger partial charge in [0.1, 0.15) is 11.5 Å². The maximum absolute atomic E-state index is 6.12. The van der Waals surface area contributed by atoms with Crippen LogP contribution in [0.1, 0.15) is 11.1 Å². The van der Waals surface area contributed by atoms with Crippen LogP contribution >= 0.6 is 27.5 Å². The van der Waals surface area contributed by atoms with Gasteiger partial charge >= 0.3 is 0 Å². The number of methoxy groups -OCH3 is 2. The second kappa shape index (κ2) is 7.05. The number of benzene rings is 2. The normalized spacial score (nSPS) is 10.3. The van der Waals surface area contributed by atoms with E-state index in [1.807, 2.05) is 37.3 Å². The van der Waals surface area contributed by atoms with Gasteiger partial charge in [-0.2, -0.15) is 0 Å². The Bertz CT molecular complexity index is 646. The van der Waals surface area contributed by atoms with Crippen LogP contribution < -0.4 is 14.8 Å². The molecule has 0 saturated carbocycles. The molecule has 2 rings (SSSR count). The number of anilines is 1. The van der Waals surface area contributed by atoms with Crippen molar-refractivity contribution in [2.24, 2.45) is 0 Å². The molecule has 0 fully saturated rings. The van der Waals surface area contributed by atoms with E-state index < -0.39 is 0 Å². The first kappa shape index (κ1) is 16.0. The first-order valence-electron chi connectivity index (χ1n) is 6.45. The highest BCUT2D eigenvalue weighted by atomic mass is 79.9.